The number of benzene rings is 3. The number of fused-ring (bicyclic) bond motifs is 1. The van der Waals surface area contributed by atoms with Gasteiger partial charge in [0, 0.05) is 8.95 Å². The summed E-state index contributed by atoms with van der Waals surface area (Å²) in [6, 6.07) is 19.4. The van der Waals surface area contributed by atoms with Gasteiger partial charge in [-0.2, -0.15) is 5.10 Å². The molecule has 0 saturated heterocycles. The van der Waals surface area contributed by atoms with Crippen LogP contribution in [0.15, 0.2) is 74.7 Å². The number of nitrogens with zero attached hydrogens (tertiary/aromatic N) is 1. The topological polar surface area (TPSA) is 50.7 Å². The molecule has 1 amide bonds. The van der Waals surface area contributed by atoms with E-state index in [0.717, 1.165) is 31.0 Å². The number of carbonyl (C=O) groups excluding carboxylic acids is 1. The van der Waals surface area contributed by atoms with Gasteiger partial charge in [-0.15, -0.1) is 0 Å². The molecule has 0 aliphatic rings. The molecule has 3 aromatic rings. The molecule has 4 nitrogen and oxygen atoms in total. The van der Waals surface area contributed by atoms with E-state index in [0.29, 0.717) is 5.75 Å². The number of amides is 1. The number of nitrogens with one attached hydrogen (secondary N) is 1. The van der Waals surface area contributed by atoms with Crippen LogP contribution in [0.4, 0.5) is 0 Å². The van der Waals surface area contributed by atoms with Gasteiger partial charge in [-0.05, 0) is 59.7 Å². The molecule has 0 unspecified atom stereocenters. The van der Waals surface area contributed by atoms with Crippen molar-refractivity contribution >= 4 is 54.3 Å². The summed E-state index contributed by atoms with van der Waals surface area (Å²) in [5, 5.41) is 6.27. The van der Waals surface area contributed by atoms with Crippen LogP contribution in [0.3, 0.4) is 0 Å². The Morgan fingerprint density at radius 2 is 1.62 bits per heavy atom. The molecule has 3 rings (SSSR count). The summed E-state index contributed by atoms with van der Waals surface area (Å²) in [7, 11) is 0. The van der Waals surface area contributed by atoms with Crippen molar-refractivity contribution in [1.82, 2.24) is 5.43 Å². The van der Waals surface area contributed by atoms with E-state index in [1.54, 1.807) is 0 Å². The zero-order chi connectivity index (χ0) is 18.5. The molecule has 0 radical (unpaired) electrons. The second-order valence-corrected chi connectivity index (χ2v) is 7.51. The predicted octanol–water partition coefficient (Wildman–Crippen LogP) is 5.28. The van der Waals surface area contributed by atoms with Gasteiger partial charge in [0.15, 0.2) is 6.61 Å². The van der Waals surface area contributed by atoms with E-state index >= 15 is 0 Å². The maximum atomic E-state index is 12.0. The normalized spacial score (nSPS) is 11.4. The number of rotatable bonds is 5. The summed E-state index contributed by atoms with van der Waals surface area (Å²) in [5.41, 5.74) is 4.18. The minimum atomic E-state index is -0.308. The third kappa shape index (κ3) is 4.93. The van der Waals surface area contributed by atoms with Gasteiger partial charge < -0.3 is 4.74 Å². The summed E-state index contributed by atoms with van der Waals surface area (Å²) < 4.78 is 7.58. The minimum Gasteiger partial charge on any atom is -0.484 e. The molecule has 0 aromatic heterocycles. The van der Waals surface area contributed by atoms with Gasteiger partial charge in [0.2, 0.25) is 0 Å². The van der Waals surface area contributed by atoms with Crippen molar-refractivity contribution in [3.8, 4) is 5.75 Å². The highest BCUT2D eigenvalue weighted by Gasteiger charge is 2.04. The first-order valence-electron chi connectivity index (χ1n) is 7.92. The average molecular weight is 476 g/mol. The Hall–Kier alpha value is -2.18. The quantitative estimate of drug-likeness (QED) is 0.403. The summed E-state index contributed by atoms with van der Waals surface area (Å²) in [4.78, 5) is 12.0. The van der Waals surface area contributed by atoms with Crippen LogP contribution < -0.4 is 10.2 Å². The molecular weight excluding hydrogens is 460 g/mol. The molecule has 0 heterocycles. The molecule has 0 aliphatic heterocycles. The highest BCUT2D eigenvalue weighted by molar-refractivity contribution is 9.10. The molecule has 1 N–H and O–H groups in total. The van der Waals surface area contributed by atoms with Crippen molar-refractivity contribution < 1.29 is 9.53 Å². The summed E-state index contributed by atoms with van der Waals surface area (Å²) in [6.45, 7) is 1.74. The number of halogens is 2. The third-order valence-electron chi connectivity index (χ3n) is 3.75. The van der Waals surface area contributed by atoms with Gasteiger partial charge >= 0.3 is 0 Å². The van der Waals surface area contributed by atoms with Crippen molar-refractivity contribution in [2.45, 2.75) is 6.92 Å². The Labute approximate surface area is 168 Å². The Kier molecular flexibility index (Phi) is 6.06. The van der Waals surface area contributed by atoms with Gasteiger partial charge in [0.25, 0.3) is 5.91 Å². The summed E-state index contributed by atoms with van der Waals surface area (Å²) in [5.74, 6) is 0.334. The smallest absolute Gasteiger partial charge is 0.277 e. The lowest BCUT2D eigenvalue weighted by atomic mass is 10.1. The first-order valence-corrected chi connectivity index (χ1v) is 9.51. The molecule has 0 fully saturated rings. The van der Waals surface area contributed by atoms with Crippen LogP contribution in [0.25, 0.3) is 10.8 Å². The molecule has 6 heteroatoms. The van der Waals surface area contributed by atoms with Crippen LogP contribution in [0.2, 0.25) is 0 Å². The first kappa shape index (κ1) is 18.6. The Morgan fingerprint density at radius 3 is 2.38 bits per heavy atom. The Morgan fingerprint density at radius 1 is 0.962 bits per heavy atom. The van der Waals surface area contributed by atoms with Crippen LogP contribution in [0, 0.1) is 0 Å². The van der Waals surface area contributed by atoms with E-state index in [-0.39, 0.29) is 12.5 Å². The zero-order valence-corrected chi connectivity index (χ0v) is 17.2. The van der Waals surface area contributed by atoms with E-state index in [9.17, 15) is 4.79 Å². The molecule has 3 aromatic carbocycles. The predicted molar refractivity (Wildman–Crippen MR) is 112 cm³/mol. The fourth-order valence-electron chi connectivity index (χ4n) is 2.37. The van der Waals surface area contributed by atoms with E-state index < -0.39 is 0 Å². The highest BCUT2D eigenvalue weighted by Crippen LogP contribution is 2.24. The number of hydrazone groups is 1. The summed E-state index contributed by atoms with van der Waals surface area (Å²) in [6.07, 6.45) is 0. The molecule has 0 saturated carbocycles. The van der Waals surface area contributed by atoms with Gasteiger partial charge in [0.05, 0.1) is 5.71 Å². The second-order valence-electron chi connectivity index (χ2n) is 5.68. The standard InChI is InChI=1S/C20H16Br2N2O2/c1-13(14-2-6-17(21)7-3-14)23-24-20(25)12-26-19-9-5-15-10-18(22)8-4-16(15)11-19/h2-11H,12H2,1H3,(H,24,25). The van der Waals surface area contributed by atoms with Gasteiger partial charge in [0.1, 0.15) is 5.75 Å². The van der Waals surface area contributed by atoms with Crippen LogP contribution in [0.5, 0.6) is 5.75 Å². The Bertz CT molecular complexity index is 969. The van der Waals surface area contributed by atoms with E-state index in [1.807, 2.05) is 67.6 Å². The highest BCUT2D eigenvalue weighted by atomic mass is 79.9. The van der Waals surface area contributed by atoms with Crippen molar-refractivity contribution in [2.24, 2.45) is 5.10 Å². The molecule has 0 atom stereocenters. The SMILES string of the molecule is CC(=NNC(=O)COc1ccc2cc(Br)ccc2c1)c1ccc(Br)cc1. The van der Waals surface area contributed by atoms with Crippen molar-refractivity contribution in [3.05, 3.63) is 75.2 Å². The third-order valence-corrected chi connectivity index (χ3v) is 4.78. The van der Waals surface area contributed by atoms with E-state index in [1.165, 1.54) is 0 Å². The largest absolute Gasteiger partial charge is 0.484 e. The monoisotopic (exact) mass is 474 g/mol. The average Bonchev–Trinajstić information content (AvgIpc) is 2.65. The minimum absolute atomic E-state index is 0.0981. The van der Waals surface area contributed by atoms with E-state index in [2.05, 4.69) is 42.4 Å². The van der Waals surface area contributed by atoms with Gasteiger partial charge in [-0.25, -0.2) is 5.43 Å². The van der Waals surface area contributed by atoms with Gasteiger partial charge in [-0.1, -0.05) is 56.1 Å². The molecule has 0 aliphatic carbocycles. The van der Waals surface area contributed by atoms with Crippen LogP contribution in [-0.2, 0) is 4.79 Å². The maximum Gasteiger partial charge on any atom is 0.277 e. The molecule has 0 spiro atoms. The van der Waals surface area contributed by atoms with E-state index in [4.69, 9.17) is 4.74 Å². The fourth-order valence-corrected chi connectivity index (χ4v) is 3.01. The maximum absolute atomic E-state index is 12.0. The number of hydrogen-bond donors (Lipinski definition) is 1. The van der Waals surface area contributed by atoms with Crippen LogP contribution in [-0.4, -0.2) is 18.2 Å². The molecule has 26 heavy (non-hydrogen) atoms. The van der Waals surface area contributed by atoms with Crippen molar-refractivity contribution in [1.29, 1.82) is 0 Å². The molecular formula is C20H16Br2N2O2. The number of hydrogen-bond acceptors (Lipinski definition) is 3. The number of ether oxygens (including phenoxy) is 1. The Balaban J connectivity index is 1.57. The second kappa shape index (κ2) is 8.47. The van der Waals surface area contributed by atoms with Gasteiger partial charge in [-0.3, -0.25) is 4.79 Å². The van der Waals surface area contributed by atoms with Crippen molar-refractivity contribution in [3.63, 3.8) is 0 Å². The fraction of sp³-hybridized carbons (Fsp3) is 0.100. The molecule has 132 valence electrons. The molecule has 0 bridgehead atoms. The lowest BCUT2D eigenvalue weighted by Crippen LogP contribution is -2.25. The van der Waals surface area contributed by atoms with Crippen LogP contribution in [0.1, 0.15) is 12.5 Å². The zero-order valence-electron chi connectivity index (χ0n) is 14.0. The summed E-state index contributed by atoms with van der Waals surface area (Å²) >= 11 is 6.84. The lowest BCUT2D eigenvalue weighted by molar-refractivity contribution is -0.123. The van der Waals surface area contributed by atoms with Crippen molar-refractivity contribution in [2.75, 3.05) is 6.61 Å². The lowest BCUT2D eigenvalue weighted by Gasteiger charge is -2.07. The number of carbonyl (C=O) groups is 1. The van der Waals surface area contributed by atoms with Crippen LogP contribution >= 0.6 is 31.9 Å². The first-order chi connectivity index (χ1) is 12.5.